The molecule has 0 aromatic heterocycles. The van der Waals surface area contributed by atoms with E-state index < -0.39 is 0 Å². The van der Waals surface area contributed by atoms with Gasteiger partial charge >= 0.3 is 0 Å². The average Bonchev–Trinajstić information content (AvgIpc) is 2.51. The Morgan fingerprint density at radius 2 is 1.71 bits per heavy atom. The molecule has 130 valence electrons. The van der Waals surface area contributed by atoms with E-state index in [2.05, 4.69) is 65.9 Å². The number of nitrogens with two attached hydrogens (primary N) is 1. The summed E-state index contributed by atoms with van der Waals surface area (Å²) in [5, 5.41) is 0. The summed E-state index contributed by atoms with van der Waals surface area (Å²) in [6.07, 6.45) is 0. The van der Waals surface area contributed by atoms with Crippen molar-refractivity contribution in [2.75, 3.05) is 20.2 Å². The summed E-state index contributed by atoms with van der Waals surface area (Å²) in [5.41, 5.74) is 12.5. The molecule has 3 nitrogen and oxygen atoms in total. The molecule has 2 rings (SSSR count). The molecule has 2 aromatic carbocycles. The number of aryl methyl sites for hydroxylation is 3. The SMILES string of the molecule is COc1ccc(CN(CCN)Cc2c(C)cc(C)cc2C)cc1Br. The number of benzene rings is 2. The van der Waals surface area contributed by atoms with Gasteiger partial charge in [0.1, 0.15) is 5.75 Å². The fourth-order valence-electron chi connectivity index (χ4n) is 3.15. The molecule has 0 spiro atoms. The fraction of sp³-hybridized carbons (Fsp3) is 0.400. The summed E-state index contributed by atoms with van der Waals surface area (Å²) >= 11 is 3.57. The molecule has 0 aliphatic heterocycles. The summed E-state index contributed by atoms with van der Waals surface area (Å²) in [5.74, 6) is 0.856. The third-order valence-corrected chi connectivity index (χ3v) is 4.91. The number of hydrogen-bond donors (Lipinski definition) is 1. The summed E-state index contributed by atoms with van der Waals surface area (Å²) in [4.78, 5) is 2.40. The second-order valence-corrected chi connectivity index (χ2v) is 7.20. The minimum absolute atomic E-state index is 0.654. The second kappa shape index (κ2) is 8.65. The van der Waals surface area contributed by atoms with Gasteiger partial charge in [-0.25, -0.2) is 0 Å². The van der Waals surface area contributed by atoms with Gasteiger partial charge in [0, 0.05) is 26.2 Å². The van der Waals surface area contributed by atoms with Crippen molar-refractivity contribution in [1.29, 1.82) is 0 Å². The largest absolute Gasteiger partial charge is 0.496 e. The lowest BCUT2D eigenvalue weighted by Crippen LogP contribution is -2.29. The van der Waals surface area contributed by atoms with Gasteiger partial charge in [0.2, 0.25) is 0 Å². The van der Waals surface area contributed by atoms with Crippen molar-refractivity contribution < 1.29 is 4.74 Å². The Hall–Kier alpha value is -1.36. The maximum Gasteiger partial charge on any atom is 0.133 e. The van der Waals surface area contributed by atoms with Gasteiger partial charge in [0.25, 0.3) is 0 Å². The molecule has 0 bridgehead atoms. The minimum atomic E-state index is 0.654. The summed E-state index contributed by atoms with van der Waals surface area (Å²) in [6, 6.07) is 10.8. The molecule has 0 saturated heterocycles. The topological polar surface area (TPSA) is 38.5 Å². The second-order valence-electron chi connectivity index (χ2n) is 6.35. The molecule has 0 aliphatic carbocycles. The Morgan fingerprint density at radius 3 is 2.25 bits per heavy atom. The third-order valence-electron chi connectivity index (χ3n) is 4.29. The van der Waals surface area contributed by atoms with E-state index in [-0.39, 0.29) is 0 Å². The zero-order valence-electron chi connectivity index (χ0n) is 15.0. The molecule has 0 saturated carbocycles. The first-order chi connectivity index (χ1) is 11.4. The van der Waals surface area contributed by atoms with Crippen molar-refractivity contribution in [3.05, 3.63) is 62.6 Å². The van der Waals surface area contributed by atoms with Gasteiger partial charge in [-0.2, -0.15) is 0 Å². The highest BCUT2D eigenvalue weighted by atomic mass is 79.9. The smallest absolute Gasteiger partial charge is 0.133 e. The van der Waals surface area contributed by atoms with Gasteiger partial charge in [-0.05, 0) is 71.1 Å². The van der Waals surface area contributed by atoms with Crippen LogP contribution in [-0.2, 0) is 13.1 Å². The van der Waals surface area contributed by atoms with Crippen molar-refractivity contribution in [3.63, 3.8) is 0 Å². The zero-order valence-corrected chi connectivity index (χ0v) is 16.6. The van der Waals surface area contributed by atoms with Crippen LogP contribution in [0.3, 0.4) is 0 Å². The highest BCUT2D eigenvalue weighted by molar-refractivity contribution is 9.10. The van der Waals surface area contributed by atoms with Crippen molar-refractivity contribution in [2.24, 2.45) is 5.73 Å². The Labute approximate surface area is 153 Å². The van der Waals surface area contributed by atoms with Gasteiger partial charge in [-0.15, -0.1) is 0 Å². The Bertz CT molecular complexity index is 677. The van der Waals surface area contributed by atoms with Gasteiger partial charge in [0.05, 0.1) is 11.6 Å². The molecule has 0 aliphatic rings. The maximum atomic E-state index is 5.84. The van der Waals surface area contributed by atoms with Gasteiger partial charge in [0.15, 0.2) is 0 Å². The van der Waals surface area contributed by atoms with Crippen LogP contribution >= 0.6 is 15.9 Å². The van der Waals surface area contributed by atoms with Crippen LogP contribution in [0.1, 0.15) is 27.8 Å². The Balaban J connectivity index is 2.19. The molecule has 0 heterocycles. The van der Waals surface area contributed by atoms with E-state index in [1.807, 2.05) is 6.07 Å². The molecule has 0 atom stereocenters. The van der Waals surface area contributed by atoms with E-state index in [0.717, 1.165) is 29.9 Å². The predicted octanol–water partition coefficient (Wildman–Crippen LogP) is 4.34. The monoisotopic (exact) mass is 390 g/mol. The van der Waals surface area contributed by atoms with Crippen LogP contribution in [-0.4, -0.2) is 25.1 Å². The number of methoxy groups -OCH3 is 1. The van der Waals surface area contributed by atoms with Crippen molar-refractivity contribution >= 4 is 15.9 Å². The van der Waals surface area contributed by atoms with E-state index in [0.29, 0.717) is 6.54 Å². The molecular formula is C20H27BrN2O. The third kappa shape index (κ3) is 4.82. The first-order valence-electron chi connectivity index (χ1n) is 8.26. The molecule has 0 amide bonds. The van der Waals surface area contributed by atoms with Crippen LogP contribution in [0, 0.1) is 20.8 Å². The molecule has 0 fully saturated rings. The van der Waals surface area contributed by atoms with E-state index in [9.17, 15) is 0 Å². The average molecular weight is 391 g/mol. The molecule has 24 heavy (non-hydrogen) atoms. The first-order valence-corrected chi connectivity index (χ1v) is 9.05. The van der Waals surface area contributed by atoms with Gasteiger partial charge in [-0.3, -0.25) is 4.90 Å². The van der Waals surface area contributed by atoms with Crippen molar-refractivity contribution in [3.8, 4) is 5.75 Å². The van der Waals surface area contributed by atoms with Crippen LogP contribution in [0.15, 0.2) is 34.8 Å². The van der Waals surface area contributed by atoms with Crippen LogP contribution in [0.4, 0.5) is 0 Å². The Kier molecular flexibility index (Phi) is 6.84. The van der Waals surface area contributed by atoms with Crippen LogP contribution in [0.5, 0.6) is 5.75 Å². The summed E-state index contributed by atoms with van der Waals surface area (Å²) < 4.78 is 6.29. The van der Waals surface area contributed by atoms with Gasteiger partial charge < -0.3 is 10.5 Å². The maximum absolute atomic E-state index is 5.84. The summed E-state index contributed by atoms with van der Waals surface area (Å²) in [7, 11) is 1.68. The van der Waals surface area contributed by atoms with Crippen LogP contribution in [0.2, 0.25) is 0 Å². The lowest BCUT2D eigenvalue weighted by molar-refractivity contribution is 0.263. The number of ether oxygens (including phenoxy) is 1. The Morgan fingerprint density at radius 1 is 1.04 bits per heavy atom. The standard InChI is InChI=1S/C20H27BrN2O/c1-14-9-15(2)18(16(3)10-14)13-23(8-7-22)12-17-5-6-20(24-4)19(21)11-17/h5-6,9-11H,7-8,12-13,22H2,1-4H3. The van der Waals surface area contributed by atoms with Crippen molar-refractivity contribution in [1.82, 2.24) is 4.90 Å². The number of halogens is 1. The van der Waals surface area contributed by atoms with Gasteiger partial charge in [-0.1, -0.05) is 23.8 Å². The number of hydrogen-bond acceptors (Lipinski definition) is 3. The minimum Gasteiger partial charge on any atom is -0.496 e. The highest BCUT2D eigenvalue weighted by Crippen LogP contribution is 2.26. The molecule has 2 aromatic rings. The van der Waals surface area contributed by atoms with E-state index in [4.69, 9.17) is 10.5 Å². The van der Waals surface area contributed by atoms with E-state index in [1.54, 1.807) is 7.11 Å². The predicted molar refractivity (Wildman–Crippen MR) is 105 cm³/mol. The molecule has 0 unspecified atom stereocenters. The van der Waals surface area contributed by atoms with Crippen molar-refractivity contribution in [2.45, 2.75) is 33.9 Å². The van der Waals surface area contributed by atoms with E-state index >= 15 is 0 Å². The first kappa shape index (κ1) is 19.0. The van der Waals surface area contributed by atoms with Crippen LogP contribution in [0.25, 0.3) is 0 Å². The molecule has 0 radical (unpaired) electrons. The summed E-state index contributed by atoms with van der Waals surface area (Å²) in [6.45, 7) is 9.85. The quantitative estimate of drug-likeness (QED) is 0.763. The normalized spacial score (nSPS) is 11.1. The highest BCUT2D eigenvalue weighted by Gasteiger charge is 2.12. The van der Waals surface area contributed by atoms with Crippen LogP contribution < -0.4 is 10.5 Å². The molecule has 2 N–H and O–H groups in total. The molecular weight excluding hydrogens is 364 g/mol. The zero-order chi connectivity index (χ0) is 17.7. The molecule has 4 heteroatoms. The number of rotatable bonds is 7. The van der Waals surface area contributed by atoms with E-state index in [1.165, 1.54) is 27.8 Å². The number of nitrogens with zero attached hydrogens (tertiary/aromatic N) is 1. The lowest BCUT2D eigenvalue weighted by atomic mass is 9.99. The fourth-order valence-corrected chi connectivity index (χ4v) is 3.73. The lowest BCUT2D eigenvalue weighted by Gasteiger charge is -2.24.